The summed E-state index contributed by atoms with van der Waals surface area (Å²) in [6.45, 7) is 0. The molecule has 4 aromatic rings. The molecule has 0 radical (unpaired) electrons. The first-order valence-corrected chi connectivity index (χ1v) is 9.29. The summed E-state index contributed by atoms with van der Waals surface area (Å²) in [7, 11) is 1.62. The van der Waals surface area contributed by atoms with Crippen molar-refractivity contribution in [3.63, 3.8) is 0 Å². The van der Waals surface area contributed by atoms with E-state index in [2.05, 4.69) is 10.3 Å². The molecule has 0 spiro atoms. The van der Waals surface area contributed by atoms with Gasteiger partial charge in [-0.05, 0) is 48.5 Å². The molecular weight excluding hydrogens is 388 g/mol. The SMILES string of the molecule is COc1ccc(-c2cnc(-c3ccccc3C(=O)Nc3ccccc3Cl)o2)cc1. The van der Waals surface area contributed by atoms with Crippen LogP contribution in [0.5, 0.6) is 5.75 Å². The van der Waals surface area contributed by atoms with E-state index < -0.39 is 0 Å². The fraction of sp³-hybridized carbons (Fsp3) is 0.0435. The molecule has 4 rings (SSSR count). The predicted molar refractivity (Wildman–Crippen MR) is 113 cm³/mol. The lowest BCUT2D eigenvalue weighted by molar-refractivity contribution is 0.102. The number of carbonyl (C=O) groups excluding carboxylic acids is 1. The molecule has 1 amide bonds. The van der Waals surface area contributed by atoms with E-state index >= 15 is 0 Å². The quantitative estimate of drug-likeness (QED) is 0.448. The van der Waals surface area contributed by atoms with Gasteiger partial charge in [0.25, 0.3) is 5.91 Å². The second-order valence-corrected chi connectivity index (χ2v) is 6.64. The number of hydrogen-bond donors (Lipinski definition) is 1. The summed E-state index contributed by atoms with van der Waals surface area (Å²) in [6.07, 6.45) is 1.64. The van der Waals surface area contributed by atoms with Gasteiger partial charge in [0.1, 0.15) is 5.75 Å². The van der Waals surface area contributed by atoms with Crippen molar-refractivity contribution in [1.29, 1.82) is 0 Å². The summed E-state index contributed by atoms with van der Waals surface area (Å²) in [5, 5.41) is 3.30. The third kappa shape index (κ3) is 4.00. The van der Waals surface area contributed by atoms with E-state index in [9.17, 15) is 4.79 Å². The number of methoxy groups -OCH3 is 1. The van der Waals surface area contributed by atoms with E-state index in [1.54, 1.807) is 49.7 Å². The van der Waals surface area contributed by atoms with Crippen LogP contribution in [-0.4, -0.2) is 18.0 Å². The van der Waals surface area contributed by atoms with E-state index in [0.29, 0.717) is 33.5 Å². The Balaban J connectivity index is 1.64. The van der Waals surface area contributed by atoms with Crippen molar-refractivity contribution in [3.05, 3.63) is 89.6 Å². The maximum atomic E-state index is 12.9. The number of ether oxygens (including phenoxy) is 1. The van der Waals surface area contributed by atoms with Crippen molar-refractivity contribution in [2.24, 2.45) is 0 Å². The Hall–Kier alpha value is -3.57. The number of carbonyl (C=O) groups is 1. The molecule has 3 aromatic carbocycles. The summed E-state index contributed by atoms with van der Waals surface area (Å²) in [4.78, 5) is 17.2. The zero-order valence-electron chi connectivity index (χ0n) is 15.6. The van der Waals surface area contributed by atoms with Crippen molar-refractivity contribution < 1.29 is 13.9 Å². The van der Waals surface area contributed by atoms with Gasteiger partial charge < -0.3 is 14.5 Å². The molecule has 0 unspecified atom stereocenters. The van der Waals surface area contributed by atoms with Crippen molar-refractivity contribution in [3.8, 4) is 28.5 Å². The highest BCUT2D eigenvalue weighted by atomic mass is 35.5. The number of halogens is 1. The van der Waals surface area contributed by atoms with E-state index in [1.807, 2.05) is 36.4 Å². The standard InChI is InChI=1S/C23H17ClN2O3/c1-28-16-12-10-15(11-13-16)21-14-25-23(29-21)18-7-3-2-6-17(18)22(27)26-20-9-5-4-8-19(20)24/h2-14H,1H3,(H,26,27). The van der Waals surface area contributed by atoms with Crippen molar-refractivity contribution in [2.75, 3.05) is 12.4 Å². The molecule has 6 heteroatoms. The summed E-state index contributed by atoms with van der Waals surface area (Å²) in [5.41, 5.74) is 2.44. The minimum Gasteiger partial charge on any atom is -0.497 e. The molecule has 144 valence electrons. The topological polar surface area (TPSA) is 64.4 Å². The number of hydrogen-bond acceptors (Lipinski definition) is 4. The largest absolute Gasteiger partial charge is 0.497 e. The van der Waals surface area contributed by atoms with Gasteiger partial charge in [0.15, 0.2) is 5.76 Å². The van der Waals surface area contributed by atoms with Gasteiger partial charge in [0.2, 0.25) is 5.89 Å². The number of rotatable bonds is 5. The van der Waals surface area contributed by atoms with Gasteiger partial charge in [0.05, 0.1) is 29.6 Å². The number of amides is 1. The highest BCUT2D eigenvalue weighted by molar-refractivity contribution is 6.34. The van der Waals surface area contributed by atoms with Gasteiger partial charge in [-0.1, -0.05) is 35.9 Å². The third-order valence-corrected chi connectivity index (χ3v) is 4.73. The second kappa shape index (κ2) is 8.20. The lowest BCUT2D eigenvalue weighted by Gasteiger charge is -2.09. The zero-order chi connectivity index (χ0) is 20.2. The van der Waals surface area contributed by atoms with Crippen LogP contribution in [0, 0.1) is 0 Å². The zero-order valence-corrected chi connectivity index (χ0v) is 16.3. The van der Waals surface area contributed by atoms with Crippen molar-refractivity contribution in [2.45, 2.75) is 0 Å². The molecule has 1 N–H and O–H groups in total. The van der Waals surface area contributed by atoms with Crippen LogP contribution < -0.4 is 10.1 Å². The second-order valence-electron chi connectivity index (χ2n) is 6.24. The number of benzene rings is 3. The predicted octanol–water partition coefficient (Wildman–Crippen LogP) is 5.92. The average molecular weight is 405 g/mol. The van der Waals surface area contributed by atoms with Gasteiger partial charge in [-0.3, -0.25) is 4.79 Å². The summed E-state index contributed by atoms with van der Waals surface area (Å²) >= 11 is 6.15. The first-order chi connectivity index (χ1) is 14.2. The summed E-state index contributed by atoms with van der Waals surface area (Å²) in [6, 6.07) is 21.7. The number of aromatic nitrogens is 1. The van der Waals surface area contributed by atoms with Gasteiger partial charge in [-0.2, -0.15) is 0 Å². The van der Waals surface area contributed by atoms with Crippen LogP contribution >= 0.6 is 11.6 Å². The maximum absolute atomic E-state index is 12.9. The molecule has 0 aliphatic carbocycles. The van der Waals surface area contributed by atoms with Crippen LogP contribution in [0.15, 0.2) is 83.4 Å². The fourth-order valence-corrected chi connectivity index (χ4v) is 3.09. The minimum atomic E-state index is -0.294. The number of oxazole rings is 1. The molecule has 0 aliphatic rings. The molecular formula is C23H17ClN2O3. The molecule has 0 saturated heterocycles. The van der Waals surface area contributed by atoms with Crippen molar-refractivity contribution in [1.82, 2.24) is 4.98 Å². The van der Waals surface area contributed by atoms with Crippen LogP contribution in [0.3, 0.4) is 0 Å². The minimum absolute atomic E-state index is 0.294. The van der Waals surface area contributed by atoms with Gasteiger partial charge in [-0.15, -0.1) is 0 Å². The first kappa shape index (κ1) is 18.8. The fourth-order valence-electron chi connectivity index (χ4n) is 2.91. The smallest absolute Gasteiger partial charge is 0.256 e. The Bertz CT molecular complexity index is 1150. The van der Waals surface area contributed by atoms with Gasteiger partial charge in [-0.25, -0.2) is 4.98 Å². The molecule has 1 heterocycles. The lowest BCUT2D eigenvalue weighted by atomic mass is 10.1. The third-order valence-electron chi connectivity index (χ3n) is 4.40. The molecule has 5 nitrogen and oxygen atoms in total. The van der Waals surface area contributed by atoms with E-state index in [-0.39, 0.29) is 5.91 Å². The van der Waals surface area contributed by atoms with Gasteiger partial charge >= 0.3 is 0 Å². The Labute approximate surface area is 172 Å². The average Bonchev–Trinajstić information content (AvgIpc) is 3.25. The van der Waals surface area contributed by atoms with Crippen LogP contribution in [-0.2, 0) is 0 Å². The Morgan fingerprint density at radius 1 is 1.00 bits per heavy atom. The van der Waals surface area contributed by atoms with Crippen molar-refractivity contribution >= 4 is 23.2 Å². The number of para-hydroxylation sites is 1. The van der Waals surface area contributed by atoms with E-state index in [1.165, 1.54) is 0 Å². The van der Waals surface area contributed by atoms with E-state index in [0.717, 1.165) is 11.3 Å². The molecule has 1 aromatic heterocycles. The van der Waals surface area contributed by atoms with Crippen LogP contribution in [0.2, 0.25) is 5.02 Å². The number of nitrogens with one attached hydrogen (secondary N) is 1. The Morgan fingerprint density at radius 3 is 2.48 bits per heavy atom. The number of nitrogens with zero attached hydrogens (tertiary/aromatic N) is 1. The number of anilines is 1. The Kier molecular flexibility index (Phi) is 5.31. The lowest BCUT2D eigenvalue weighted by Crippen LogP contribution is -2.13. The monoisotopic (exact) mass is 404 g/mol. The van der Waals surface area contributed by atoms with Gasteiger partial charge in [0, 0.05) is 11.1 Å². The van der Waals surface area contributed by atoms with Crippen LogP contribution in [0.4, 0.5) is 5.69 Å². The molecule has 0 aliphatic heterocycles. The van der Waals surface area contributed by atoms with Crippen LogP contribution in [0.25, 0.3) is 22.8 Å². The first-order valence-electron chi connectivity index (χ1n) is 8.91. The highest BCUT2D eigenvalue weighted by Gasteiger charge is 2.17. The van der Waals surface area contributed by atoms with E-state index in [4.69, 9.17) is 20.8 Å². The summed E-state index contributed by atoms with van der Waals surface area (Å²) in [5.74, 6) is 1.43. The molecule has 0 fully saturated rings. The highest BCUT2D eigenvalue weighted by Crippen LogP contribution is 2.30. The Morgan fingerprint density at radius 2 is 1.72 bits per heavy atom. The molecule has 0 bridgehead atoms. The maximum Gasteiger partial charge on any atom is 0.256 e. The summed E-state index contributed by atoms with van der Waals surface area (Å²) < 4.78 is 11.1. The molecule has 29 heavy (non-hydrogen) atoms. The molecule has 0 saturated carbocycles. The molecule has 0 atom stereocenters. The van der Waals surface area contributed by atoms with Crippen LogP contribution in [0.1, 0.15) is 10.4 Å². The normalized spacial score (nSPS) is 10.6.